The third-order valence-electron chi connectivity index (χ3n) is 3.29. The van der Waals surface area contributed by atoms with Crippen LogP contribution in [0.1, 0.15) is 51.9 Å². The van der Waals surface area contributed by atoms with E-state index in [0.717, 1.165) is 38.5 Å². The van der Waals surface area contributed by atoms with Gasteiger partial charge in [0.2, 0.25) is 0 Å². The number of rotatable bonds is 14. The van der Waals surface area contributed by atoms with E-state index >= 15 is 0 Å². The molecule has 0 amide bonds. The first-order valence-electron chi connectivity index (χ1n) is 7.95. The smallest absolute Gasteiger partial charge is 0.147 e. The first kappa shape index (κ1) is 20.7. The SMILES string of the molecule is C#CCCCC/C=C(\C)CCC(CC#C)OCOCCOC. The van der Waals surface area contributed by atoms with Crippen molar-refractivity contribution < 1.29 is 14.2 Å². The molecule has 0 aromatic heterocycles. The molecule has 0 aliphatic heterocycles. The lowest BCUT2D eigenvalue weighted by Gasteiger charge is -2.16. The molecule has 0 heterocycles. The second-order valence-electron chi connectivity index (χ2n) is 5.25. The van der Waals surface area contributed by atoms with Crippen molar-refractivity contribution in [2.45, 2.75) is 58.0 Å². The van der Waals surface area contributed by atoms with Crippen molar-refractivity contribution in [3.05, 3.63) is 11.6 Å². The summed E-state index contributed by atoms with van der Waals surface area (Å²) >= 11 is 0. The third-order valence-corrected chi connectivity index (χ3v) is 3.29. The van der Waals surface area contributed by atoms with Crippen molar-refractivity contribution in [3.8, 4) is 24.7 Å². The summed E-state index contributed by atoms with van der Waals surface area (Å²) in [6, 6.07) is 0. The van der Waals surface area contributed by atoms with E-state index < -0.39 is 0 Å². The summed E-state index contributed by atoms with van der Waals surface area (Å²) in [5, 5.41) is 0. The standard InChI is InChI=1S/C19H30O3/c1-5-7-8-9-10-12-18(3)13-14-19(11-6-2)22-17-21-16-15-20-4/h1-2,12,19H,7-11,13-17H2,3-4H3/b18-12+. The normalized spacial score (nSPS) is 12.6. The molecule has 0 spiro atoms. The summed E-state index contributed by atoms with van der Waals surface area (Å²) in [6.07, 6.45) is 19.7. The van der Waals surface area contributed by atoms with Crippen LogP contribution in [0.3, 0.4) is 0 Å². The minimum Gasteiger partial charge on any atom is -0.382 e. The Balaban J connectivity index is 3.85. The average molecular weight is 306 g/mol. The molecule has 0 aliphatic carbocycles. The maximum Gasteiger partial charge on any atom is 0.147 e. The van der Waals surface area contributed by atoms with E-state index in [1.54, 1.807) is 7.11 Å². The number of allylic oxidation sites excluding steroid dienone is 2. The molecular formula is C19H30O3. The fraction of sp³-hybridized carbons (Fsp3) is 0.684. The van der Waals surface area contributed by atoms with Gasteiger partial charge in [-0.25, -0.2) is 0 Å². The van der Waals surface area contributed by atoms with Gasteiger partial charge in [-0.05, 0) is 39.0 Å². The van der Waals surface area contributed by atoms with Gasteiger partial charge in [-0.3, -0.25) is 0 Å². The predicted molar refractivity (Wildman–Crippen MR) is 91.3 cm³/mol. The van der Waals surface area contributed by atoms with Crippen molar-refractivity contribution in [3.63, 3.8) is 0 Å². The molecule has 1 atom stereocenters. The van der Waals surface area contributed by atoms with Gasteiger partial charge in [0.25, 0.3) is 0 Å². The second kappa shape index (κ2) is 16.1. The first-order chi connectivity index (χ1) is 10.7. The van der Waals surface area contributed by atoms with Crippen molar-refractivity contribution >= 4 is 0 Å². The molecule has 0 fully saturated rings. The highest BCUT2D eigenvalue weighted by atomic mass is 16.7. The fourth-order valence-electron chi connectivity index (χ4n) is 1.93. The number of methoxy groups -OCH3 is 1. The number of hydrogen-bond acceptors (Lipinski definition) is 3. The summed E-state index contributed by atoms with van der Waals surface area (Å²) in [6.45, 7) is 3.54. The first-order valence-corrected chi connectivity index (χ1v) is 7.95. The van der Waals surface area contributed by atoms with Gasteiger partial charge in [-0.15, -0.1) is 24.7 Å². The third kappa shape index (κ3) is 13.7. The van der Waals surface area contributed by atoms with Crippen LogP contribution in [0.2, 0.25) is 0 Å². The van der Waals surface area contributed by atoms with Crippen molar-refractivity contribution in [2.24, 2.45) is 0 Å². The van der Waals surface area contributed by atoms with Gasteiger partial charge in [0.15, 0.2) is 0 Å². The average Bonchev–Trinajstić information content (AvgIpc) is 2.52. The summed E-state index contributed by atoms with van der Waals surface area (Å²) in [5.74, 6) is 5.33. The summed E-state index contributed by atoms with van der Waals surface area (Å²) in [5.41, 5.74) is 1.38. The predicted octanol–water partition coefficient (Wildman–Crippen LogP) is 3.94. The van der Waals surface area contributed by atoms with Crippen molar-refractivity contribution in [1.29, 1.82) is 0 Å². The van der Waals surface area contributed by atoms with Crippen LogP contribution in [0.15, 0.2) is 11.6 Å². The molecule has 0 aromatic rings. The molecule has 0 aromatic carbocycles. The molecule has 0 saturated heterocycles. The Labute approximate surface area is 136 Å². The van der Waals surface area contributed by atoms with E-state index in [4.69, 9.17) is 27.1 Å². The van der Waals surface area contributed by atoms with Gasteiger partial charge in [0, 0.05) is 20.0 Å². The highest BCUT2D eigenvalue weighted by molar-refractivity contribution is 4.99. The number of ether oxygens (including phenoxy) is 3. The Morgan fingerprint density at radius 1 is 1.18 bits per heavy atom. The summed E-state index contributed by atoms with van der Waals surface area (Å²) < 4.78 is 15.9. The van der Waals surface area contributed by atoms with Crippen LogP contribution in [0, 0.1) is 24.7 Å². The van der Waals surface area contributed by atoms with E-state index in [1.807, 2.05) is 0 Å². The number of terminal acetylenes is 2. The van der Waals surface area contributed by atoms with E-state index in [0.29, 0.717) is 19.6 Å². The minimum absolute atomic E-state index is 0.0531. The highest BCUT2D eigenvalue weighted by Gasteiger charge is 2.08. The topological polar surface area (TPSA) is 27.7 Å². The van der Waals surface area contributed by atoms with Gasteiger partial charge in [0.1, 0.15) is 6.79 Å². The second-order valence-corrected chi connectivity index (χ2v) is 5.25. The van der Waals surface area contributed by atoms with Gasteiger partial charge in [-0.1, -0.05) is 11.6 Å². The lowest BCUT2D eigenvalue weighted by molar-refractivity contribution is -0.0975. The maximum atomic E-state index is 5.67. The Morgan fingerprint density at radius 3 is 2.68 bits per heavy atom. The quantitative estimate of drug-likeness (QED) is 0.211. The Kier molecular flexibility index (Phi) is 15.2. The van der Waals surface area contributed by atoms with Crippen LogP contribution >= 0.6 is 0 Å². The zero-order chi connectivity index (χ0) is 16.5. The van der Waals surface area contributed by atoms with Crippen LogP contribution in [-0.4, -0.2) is 33.2 Å². The van der Waals surface area contributed by atoms with Gasteiger partial charge >= 0.3 is 0 Å². The van der Waals surface area contributed by atoms with Crippen LogP contribution in [0.25, 0.3) is 0 Å². The van der Waals surface area contributed by atoms with Crippen LogP contribution in [0.5, 0.6) is 0 Å². The minimum atomic E-state index is 0.0531. The molecule has 0 bridgehead atoms. The largest absolute Gasteiger partial charge is 0.382 e. The van der Waals surface area contributed by atoms with Gasteiger partial charge in [0.05, 0.1) is 19.3 Å². The molecule has 124 valence electrons. The molecule has 0 rings (SSSR count). The summed E-state index contributed by atoms with van der Waals surface area (Å²) in [4.78, 5) is 0. The van der Waals surface area contributed by atoms with E-state index in [2.05, 4.69) is 24.8 Å². The maximum absolute atomic E-state index is 5.67. The molecule has 22 heavy (non-hydrogen) atoms. The Hall–Kier alpha value is -1.26. The van der Waals surface area contributed by atoms with Crippen LogP contribution in [0.4, 0.5) is 0 Å². The van der Waals surface area contributed by atoms with E-state index in [1.165, 1.54) is 5.57 Å². The van der Waals surface area contributed by atoms with Crippen LogP contribution in [-0.2, 0) is 14.2 Å². The Bertz CT molecular complexity index is 360. The molecule has 0 N–H and O–H groups in total. The lowest BCUT2D eigenvalue weighted by atomic mass is 10.0. The molecule has 0 saturated carbocycles. The van der Waals surface area contributed by atoms with E-state index in [-0.39, 0.29) is 12.9 Å². The lowest BCUT2D eigenvalue weighted by Crippen LogP contribution is -2.16. The highest BCUT2D eigenvalue weighted by Crippen LogP contribution is 2.14. The van der Waals surface area contributed by atoms with Gasteiger partial charge in [-0.2, -0.15) is 0 Å². The van der Waals surface area contributed by atoms with Gasteiger partial charge < -0.3 is 14.2 Å². The molecule has 0 aliphatic rings. The molecule has 3 nitrogen and oxygen atoms in total. The molecule has 1 unspecified atom stereocenters. The number of hydrogen-bond donors (Lipinski definition) is 0. The molecular weight excluding hydrogens is 276 g/mol. The number of unbranched alkanes of at least 4 members (excludes halogenated alkanes) is 3. The fourth-order valence-corrected chi connectivity index (χ4v) is 1.93. The summed E-state index contributed by atoms with van der Waals surface area (Å²) in [7, 11) is 1.65. The van der Waals surface area contributed by atoms with Crippen molar-refractivity contribution in [2.75, 3.05) is 27.1 Å². The van der Waals surface area contributed by atoms with Crippen LogP contribution < -0.4 is 0 Å². The van der Waals surface area contributed by atoms with Crippen molar-refractivity contribution in [1.82, 2.24) is 0 Å². The molecule has 3 heteroatoms. The Morgan fingerprint density at radius 2 is 2.00 bits per heavy atom. The zero-order valence-electron chi connectivity index (χ0n) is 14.1. The monoisotopic (exact) mass is 306 g/mol. The van der Waals surface area contributed by atoms with E-state index in [9.17, 15) is 0 Å². The molecule has 0 radical (unpaired) electrons. The zero-order valence-corrected chi connectivity index (χ0v) is 14.1.